The molecule has 0 spiro atoms. The van der Waals surface area contributed by atoms with Crippen molar-refractivity contribution in [1.82, 2.24) is 9.78 Å². The van der Waals surface area contributed by atoms with Crippen LogP contribution in [0.25, 0.3) is 5.69 Å². The van der Waals surface area contributed by atoms with Crippen LogP contribution in [0.3, 0.4) is 0 Å². The molecule has 1 heterocycles. The van der Waals surface area contributed by atoms with Gasteiger partial charge in [0.1, 0.15) is 0 Å². The van der Waals surface area contributed by atoms with Crippen molar-refractivity contribution in [3.63, 3.8) is 0 Å². The first-order valence-corrected chi connectivity index (χ1v) is 6.09. The van der Waals surface area contributed by atoms with Gasteiger partial charge in [-0.05, 0) is 30.2 Å². The number of hydrogen-bond donors (Lipinski definition) is 0. The van der Waals surface area contributed by atoms with Gasteiger partial charge in [-0.2, -0.15) is 18.3 Å². The Balaban J connectivity index is 2.61. The summed E-state index contributed by atoms with van der Waals surface area (Å²) in [5.41, 5.74) is -0.212. The van der Waals surface area contributed by atoms with Crippen molar-refractivity contribution in [1.29, 1.82) is 0 Å². The second kappa shape index (κ2) is 4.89. The van der Waals surface area contributed by atoms with Crippen molar-refractivity contribution < 1.29 is 13.2 Å². The molecule has 0 aliphatic rings. The van der Waals surface area contributed by atoms with Crippen LogP contribution in [0.2, 0.25) is 5.02 Å². The molecule has 0 fully saturated rings. The molecular weight excluding hydrogens is 277 g/mol. The van der Waals surface area contributed by atoms with Crippen molar-refractivity contribution in [3.05, 3.63) is 46.7 Å². The van der Waals surface area contributed by atoms with Gasteiger partial charge in [0.15, 0.2) is 5.69 Å². The van der Waals surface area contributed by atoms with Gasteiger partial charge in [0, 0.05) is 10.6 Å². The summed E-state index contributed by atoms with van der Waals surface area (Å²) in [4.78, 5) is 0. The van der Waals surface area contributed by atoms with Crippen LogP contribution in [0.5, 0.6) is 0 Å². The average Bonchev–Trinajstić information content (AvgIpc) is 2.74. The number of benzene rings is 1. The molecule has 2 nitrogen and oxygen atoms in total. The molecule has 0 amide bonds. The molecule has 0 aliphatic heterocycles. The fourth-order valence-corrected chi connectivity index (χ4v) is 1.97. The molecule has 0 aliphatic carbocycles. The molecule has 0 saturated heterocycles. The second-order valence-electron chi connectivity index (χ2n) is 4.49. The molecule has 2 aromatic rings. The van der Waals surface area contributed by atoms with Crippen molar-refractivity contribution in [2.75, 3.05) is 0 Å². The largest absolute Gasteiger partial charge is 0.433 e. The number of rotatable bonds is 2. The lowest BCUT2D eigenvalue weighted by atomic mass is 10.0. The minimum Gasteiger partial charge on any atom is -0.228 e. The van der Waals surface area contributed by atoms with Crippen LogP contribution >= 0.6 is 11.6 Å². The maximum atomic E-state index is 13.2. The molecule has 0 unspecified atom stereocenters. The predicted molar refractivity (Wildman–Crippen MR) is 67.7 cm³/mol. The Morgan fingerprint density at radius 2 is 1.74 bits per heavy atom. The maximum Gasteiger partial charge on any atom is 0.433 e. The van der Waals surface area contributed by atoms with Crippen molar-refractivity contribution in [2.24, 2.45) is 0 Å². The van der Waals surface area contributed by atoms with Crippen LogP contribution in [-0.4, -0.2) is 9.78 Å². The zero-order valence-electron chi connectivity index (χ0n) is 10.4. The van der Waals surface area contributed by atoms with E-state index in [1.807, 2.05) is 0 Å². The summed E-state index contributed by atoms with van der Waals surface area (Å²) >= 11 is 5.73. The summed E-state index contributed by atoms with van der Waals surface area (Å²) in [7, 11) is 0. The highest BCUT2D eigenvalue weighted by molar-refractivity contribution is 6.30. The number of halogens is 4. The van der Waals surface area contributed by atoms with Gasteiger partial charge in [0.25, 0.3) is 0 Å². The van der Waals surface area contributed by atoms with Crippen molar-refractivity contribution in [3.8, 4) is 5.69 Å². The molecule has 0 atom stereocenters. The first-order chi connectivity index (χ1) is 8.80. The quantitative estimate of drug-likeness (QED) is 0.785. The Labute approximate surface area is 113 Å². The number of alkyl halides is 3. The normalized spacial score (nSPS) is 12.2. The van der Waals surface area contributed by atoms with E-state index in [2.05, 4.69) is 5.10 Å². The van der Waals surface area contributed by atoms with E-state index >= 15 is 0 Å². The highest BCUT2D eigenvalue weighted by Gasteiger charge is 2.39. The van der Waals surface area contributed by atoms with E-state index in [0.29, 0.717) is 10.7 Å². The fraction of sp³-hybridized carbons (Fsp3) is 0.308. The van der Waals surface area contributed by atoms with E-state index < -0.39 is 11.9 Å². The van der Waals surface area contributed by atoms with E-state index in [1.54, 1.807) is 13.8 Å². The molecule has 0 bridgehead atoms. The molecule has 19 heavy (non-hydrogen) atoms. The van der Waals surface area contributed by atoms with Crippen molar-refractivity contribution >= 4 is 11.6 Å². The topological polar surface area (TPSA) is 17.8 Å². The molecule has 1 aromatic carbocycles. The lowest BCUT2D eigenvalue weighted by Gasteiger charge is -2.14. The zero-order valence-corrected chi connectivity index (χ0v) is 11.1. The van der Waals surface area contributed by atoms with E-state index in [0.717, 1.165) is 4.68 Å². The third-order valence-corrected chi connectivity index (χ3v) is 3.01. The molecule has 0 saturated carbocycles. The van der Waals surface area contributed by atoms with Crippen molar-refractivity contribution in [2.45, 2.75) is 25.9 Å². The van der Waals surface area contributed by atoms with Gasteiger partial charge in [-0.15, -0.1) is 0 Å². The minimum absolute atomic E-state index is 0.183. The molecular formula is C13H12ClF3N2. The van der Waals surface area contributed by atoms with Gasteiger partial charge < -0.3 is 0 Å². The zero-order chi connectivity index (χ0) is 14.2. The number of nitrogens with zero attached hydrogens (tertiary/aromatic N) is 2. The lowest BCUT2D eigenvalue weighted by molar-refractivity contribution is -0.143. The van der Waals surface area contributed by atoms with Gasteiger partial charge >= 0.3 is 6.18 Å². The monoisotopic (exact) mass is 288 g/mol. The fourth-order valence-electron chi connectivity index (χ4n) is 1.85. The van der Waals surface area contributed by atoms with Crippen LogP contribution in [0, 0.1) is 0 Å². The van der Waals surface area contributed by atoms with Gasteiger partial charge in [-0.1, -0.05) is 25.4 Å². The Hall–Kier alpha value is -1.49. The summed E-state index contributed by atoms with van der Waals surface area (Å²) in [5.74, 6) is -0.252. The van der Waals surface area contributed by atoms with E-state index in [9.17, 15) is 13.2 Å². The Morgan fingerprint density at radius 3 is 2.21 bits per heavy atom. The SMILES string of the molecule is CC(C)c1cnn(-c2ccc(Cl)cc2)c1C(F)(F)F. The van der Waals surface area contributed by atoms with Gasteiger partial charge in [-0.25, -0.2) is 4.68 Å². The first kappa shape index (κ1) is 13.9. The average molecular weight is 289 g/mol. The predicted octanol–water partition coefficient (Wildman–Crippen LogP) is 4.67. The Kier molecular flexibility index (Phi) is 3.58. The minimum atomic E-state index is -4.45. The Bertz CT molecular complexity index is 571. The van der Waals surface area contributed by atoms with Crippen LogP contribution < -0.4 is 0 Å². The van der Waals surface area contributed by atoms with Crippen LogP contribution in [0.15, 0.2) is 30.5 Å². The van der Waals surface area contributed by atoms with Crippen LogP contribution in [0.4, 0.5) is 13.2 Å². The smallest absolute Gasteiger partial charge is 0.228 e. The molecule has 102 valence electrons. The summed E-state index contributed by atoms with van der Waals surface area (Å²) in [5, 5.41) is 4.32. The Morgan fingerprint density at radius 1 is 1.16 bits per heavy atom. The molecule has 0 radical (unpaired) electrons. The first-order valence-electron chi connectivity index (χ1n) is 5.71. The second-order valence-corrected chi connectivity index (χ2v) is 4.93. The maximum absolute atomic E-state index is 13.2. The number of hydrogen-bond acceptors (Lipinski definition) is 1. The van der Waals surface area contributed by atoms with E-state index in [1.165, 1.54) is 30.5 Å². The van der Waals surface area contributed by atoms with Gasteiger partial charge in [0.2, 0.25) is 0 Å². The van der Waals surface area contributed by atoms with E-state index in [4.69, 9.17) is 11.6 Å². The van der Waals surface area contributed by atoms with Crippen LogP contribution in [-0.2, 0) is 6.18 Å². The standard InChI is InChI=1S/C13H12ClF3N2/c1-8(2)11-7-18-19(12(11)13(15,16)17)10-5-3-9(14)4-6-10/h3-8H,1-2H3. The molecule has 0 N–H and O–H groups in total. The highest BCUT2D eigenvalue weighted by atomic mass is 35.5. The van der Waals surface area contributed by atoms with E-state index in [-0.39, 0.29) is 11.5 Å². The third kappa shape index (κ3) is 2.76. The highest BCUT2D eigenvalue weighted by Crippen LogP contribution is 2.36. The van der Waals surface area contributed by atoms with Gasteiger partial charge in [0.05, 0.1) is 11.9 Å². The number of aromatic nitrogens is 2. The van der Waals surface area contributed by atoms with Crippen LogP contribution in [0.1, 0.15) is 31.0 Å². The third-order valence-electron chi connectivity index (χ3n) is 2.76. The summed E-state index contributed by atoms with van der Waals surface area (Å²) < 4.78 is 40.5. The summed E-state index contributed by atoms with van der Waals surface area (Å²) in [6, 6.07) is 6.09. The lowest BCUT2D eigenvalue weighted by Crippen LogP contribution is -2.15. The summed E-state index contributed by atoms with van der Waals surface area (Å²) in [6.45, 7) is 3.41. The van der Waals surface area contributed by atoms with Gasteiger partial charge in [-0.3, -0.25) is 0 Å². The summed E-state index contributed by atoms with van der Waals surface area (Å²) in [6.07, 6.45) is -3.18. The molecule has 2 rings (SSSR count). The molecule has 6 heteroatoms. The molecule has 1 aromatic heterocycles.